The molecule has 1 saturated carbocycles. The third-order valence-corrected chi connectivity index (χ3v) is 6.23. The molecule has 0 saturated heterocycles. The minimum absolute atomic E-state index is 0.266. The number of carbonyl (C=O) groups excluding carboxylic acids is 2. The molecule has 1 aliphatic carbocycles. The van der Waals surface area contributed by atoms with E-state index in [1.54, 1.807) is 0 Å². The van der Waals surface area contributed by atoms with Crippen LogP contribution in [0.1, 0.15) is 118 Å². The van der Waals surface area contributed by atoms with Gasteiger partial charge in [0.15, 0.2) is 0 Å². The Morgan fingerprint density at radius 2 is 1.44 bits per heavy atom. The normalized spacial score (nSPS) is 19.4. The molecule has 188 valence electrons. The van der Waals surface area contributed by atoms with E-state index in [4.69, 9.17) is 18.9 Å². The van der Waals surface area contributed by atoms with Crippen LogP contribution < -0.4 is 0 Å². The third-order valence-electron chi connectivity index (χ3n) is 6.23. The summed E-state index contributed by atoms with van der Waals surface area (Å²) in [6.07, 6.45) is 12.4. The first-order chi connectivity index (χ1) is 15.4. The van der Waals surface area contributed by atoms with Gasteiger partial charge >= 0.3 is 12.3 Å². The predicted molar refractivity (Wildman–Crippen MR) is 127 cm³/mol. The smallest absolute Gasteiger partial charge is 0.434 e. The summed E-state index contributed by atoms with van der Waals surface area (Å²) in [5.74, 6) is 1.16. The first kappa shape index (κ1) is 28.6. The summed E-state index contributed by atoms with van der Waals surface area (Å²) in [7, 11) is 0. The quantitative estimate of drug-likeness (QED) is 0.174. The van der Waals surface area contributed by atoms with Crippen molar-refractivity contribution in [3.05, 3.63) is 0 Å². The van der Waals surface area contributed by atoms with Crippen molar-refractivity contribution in [2.24, 2.45) is 11.8 Å². The zero-order valence-corrected chi connectivity index (χ0v) is 21.1. The highest BCUT2D eigenvalue weighted by molar-refractivity contribution is 5.60. The topological polar surface area (TPSA) is 71.1 Å². The van der Waals surface area contributed by atoms with E-state index in [1.165, 1.54) is 25.7 Å². The minimum Gasteiger partial charge on any atom is -0.434 e. The van der Waals surface area contributed by atoms with Gasteiger partial charge in [-0.15, -0.1) is 0 Å². The van der Waals surface area contributed by atoms with Crippen molar-refractivity contribution in [1.29, 1.82) is 0 Å². The summed E-state index contributed by atoms with van der Waals surface area (Å²) >= 11 is 0. The molecule has 1 fully saturated rings. The van der Waals surface area contributed by atoms with Crippen molar-refractivity contribution in [1.82, 2.24) is 0 Å². The number of carbonyl (C=O) groups is 2. The molecular formula is C26H48O6. The van der Waals surface area contributed by atoms with Gasteiger partial charge in [0, 0.05) is 6.42 Å². The molecule has 1 aliphatic rings. The number of ether oxygens (including phenoxy) is 4. The number of hydrogen-bond acceptors (Lipinski definition) is 6. The summed E-state index contributed by atoms with van der Waals surface area (Å²) in [5, 5.41) is 0. The molecule has 0 bridgehead atoms. The van der Waals surface area contributed by atoms with Gasteiger partial charge in [-0.3, -0.25) is 0 Å². The van der Waals surface area contributed by atoms with Crippen LogP contribution in [0.5, 0.6) is 0 Å². The second kappa shape index (κ2) is 18.0. The molecule has 1 rings (SSSR count). The van der Waals surface area contributed by atoms with Crippen molar-refractivity contribution in [2.45, 2.75) is 130 Å². The maximum atomic E-state index is 12.1. The molecular weight excluding hydrogens is 408 g/mol. The Morgan fingerprint density at radius 1 is 0.812 bits per heavy atom. The van der Waals surface area contributed by atoms with Gasteiger partial charge in [-0.25, -0.2) is 9.59 Å². The second-order valence-electron chi connectivity index (χ2n) is 9.67. The molecule has 0 aromatic heterocycles. The average Bonchev–Trinajstić information content (AvgIpc) is 2.75. The lowest BCUT2D eigenvalue weighted by atomic mass is 9.95. The van der Waals surface area contributed by atoms with Gasteiger partial charge in [-0.1, -0.05) is 79.1 Å². The van der Waals surface area contributed by atoms with E-state index in [2.05, 4.69) is 27.7 Å². The Bertz CT molecular complexity index is 493. The highest BCUT2D eigenvalue weighted by Gasteiger charge is 2.28. The van der Waals surface area contributed by atoms with Crippen LogP contribution in [0, 0.1) is 11.8 Å². The molecule has 0 aromatic rings. The fraction of sp³-hybridized carbons (Fsp3) is 0.923. The van der Waals surface area contributed by atoms with E-state index in [0.29, 0.717) is 25.6 Å². The standard InChI is InChI=1S/C26H48O6/c1-5-7-15-22(6-2)20-30-26(28)32-24-17-13-16-23(19-24)31-25(27)29-18-12-10-8-9-11-14-21(3)4/h21-24H,5-20H2,1-4H3. The fourth-order valence-electron chi connectivity index (χ4n) is 4.08. The Hall–Kier alpha value is -1.46. The Labute approximate surface area is 196 Å². The van der Waals surface area contributed by atoms with E-state index < -0.39 is 12.3 Å². The largest absolute Gasteiger partial charge is 0.508 e. The number of hydrogen-bond donors (Lipinski definition) is 0. The molecule has 0 aromatic carbocycles. The highest BCUT2D eigenvalue weighted by Crippen LogP contribution is 2.25. The molecule has 6 heteroatoms. The van der Waals surface area contributed by atoms with Gasteiger partial charge in [0.05, 0.1) is 13.2 Å². The van der Waals surface area contributed by atoms with Crippen LogP contribution in [0.3, 0.4) is 0 Å². The Balaban J connectivity index is 2.14. The molecule has 0 spiro atoms. The van der Waals surface area contributed by atoms with Crippen LogP contribution in [0.2, 0.25) is 0 Å². The van der Waals surface area contributed by atoms with E-state index in [0.717, 1.165) is 63.7 Å². The van der Waals surface area contributed by atoms with Gasteiger partial charge < -0.3 is 18.9 Å². The second-order valence-corrected chi connectivity index (χ2v) is 9.67. The zero-order valence-electron chi connectivity index (χ0n) is 21.1. The number of rotatable bonds is 16. The fourth-order valence-corrected chi connectivity index (χ4v) is 4.08. The molecule has 3 atom stereocenters. The SMILES string of the molecule is CCCCC(CC)COC(=O)OC1CCCC(OC(=O)OCCCCCCCC(C)C)C1. The van der Waals surface area contributed by atoms with Crippen LogP contribution in [0.4, 0.5) is 9.59 Å². The number of unbranched alkanes of at least 4 members (excludes halogenated alkanes) is 5. The molecule has 0 radical (unpaired) electrons. The molecule has 3 unspecified atom stereocenters. The summed E-state index contributed by atoms with van der Waals surface area (Å²) in [6.45, 7) is 9.59. The monoisotopic (exact) mass is 456 g/mol. The lowest BCUT2D eigenvalue weighted by Crippen LogP contribution is -2.32. The van der Waals surface area contributed by atoms with Gasteiger partial charge in [0.1, 0.15) is 12.2 Å². The Kier molecular flexibility index (Phi) is 16.1. The van der Waals surface area contributed by atoms with Crippen LogP contribution in [-0.2, 0) is 18.9 Å². The van der Waals surface area contributed by atoms with E-state index in [1.807, 2.05) is 0 Å². The summed E-state index contributed by atoms with van der Waals surface area (Å²) in [5.41, 5.74) is 0. The first-order valence-electron chi connectivity index (χ1n) is 13.1. The Morgan fingerprint density at radius 3 is 2.06 bits per heavy atom. The first-order valence-corrected chi connectivity index (χ1v) is 13.1. The van der Waals surface area contributed by atoms with Crippen molar-refractivity contribution < 1.29 is 28.5 Å². The van der Waals surface area contributed by atoms with E-state index in [9.17, 15) is 9.59 Å². The lowest BCUT2D eigenvalue weighted by molar-refractivity contribution is -0.0374. The van der Waals surface area contributed by atoms with Gasteiger partial charge in [-0.05, 0) is 43.9 Å². The molecule has 0 amide bonds. The van der Waals surface area contributed by atoms with Gasteiger partial charge in [0.25, 0.3) is 0 Å². The van der Waals surface area contributed by atoms with Crippen molar-refractivity contribution in [2.75, 3.05) is 13.2 Å². The zero-order chi connectivity index (χ0) is 23.6. The van der Waals surface area contributed by atoms with Crippen molar-refractivity contribution in [3.63, 3.8) is 0 Å². The average molecular weight is 457 g/mol. The maximum Gasteiger partial charge on any atom is 0.508 e. The van der Waals surface area contributed by atoms with Crippen LogP contribution in [0.15, 0.2) is 0 Å². The molecule has 0 heterocycles. The summed E-state index contributed by atoms with van der Waals surface area (Å²) in [4.78, 5) is 24.0. The minimum atomic E-state index is -0.611. The van der Waals surface area contributed by atoms with Gasteiger partial charge in [-0.2, -0.15) is 0 Å². The molecule has 32 heavy (non-hydrogen) atoms. The lowest BCUT2D eigenvalue weighted by Gasteiger charge is -2.28. The van der Waals surface area contributed by atoms with E-state index >= 15 is 0 Å². The van der Waals surface area contributed by atoms with Crippen LogP contribution >= 0.6 is 0 Å². The third kappa shape index (κ3) is 14.6. The van der Waals surface area contributed by atoms with Crippen LogP contribution in [0.25, 0.3) is 0 Å². The van der Waals surface area contributed by atoms with Crippen molar-refractivity contribution in [3.8, 4) is 0 Å². The molecule has 6 nitrogen and oxygen atoms in total. The van der Waals surface area contributed by atoms with Crippen LogP contribution in [-0.4, -0.2) is 37.7 Å². The van der Waals surface area contributed by atoms with Gasteiger partial charge in [0.2, 0.25) is 0 Å². The maximum absolute atomic E-state index is 12.1. The van der Waals surface area contributed by atoms with E-state index in [-0.39, 0.29) is 12.2 Å². The summed E-state index contributed by atoms with van der Waals surface area (Å²) in [6, 6.07) is 0. The molecule has 0 N–H and O–H groups in total. The molecule has 0 aliphatic heterocycles. The predicted octanol–water partition coefficient (Wildman–Crippen LogP) is 7.82. The van der Waals surface area contributed by atoms with Crippen molar-refractivity contribution >= 4 is 12.3 Å². The highest BCUT2D eigenvalue weighted by atomic mass is 16.7. The summed E-state index contributed by atoms with van der Waals surface area (Å²) < 4.78 is 21.5.